The molecule has 2 unspecified atom stereocenters. The average molecular weight is 434 g/mol. The van der Waals surface area contributed by atoms with Crippen LogP contribution in [0.4, 0.5) is 0 Å². The zero-order valence-corrected chi connectivity index (χ0v) is 18.5. The molecule has 0 radical (unpaired) electrons. The average Bonchev–Trinajstić information content (AvgIpc) is 3.62. The number of rotatable bonds is 5. The Morgan fingerprint density at radius 3 is 1.72 bits per heavy atom. The molecule has 2 aliphatic rings. The zero-order chi connectivity index (χ0) is 21.2. The lowest BCUT2D eigenvalue weighted by atomic mass is 10.2. The Bertz CT molecular complexity index is 772. The molecule has 7 heteroatoms. The van der Waals surface area contributed by atoms with Crippen LogP contribution in [0.25, 0.3) is 0 Å². The van der Waals surface area contributed by atoms with Crippen molar-refractivity contribution in [2.24, 2.45) is 21.4 Å². The van der Waals surface area contributed by atoms with Crippen LogP contribution in [0.3, 0.4) is 0 Å². The second-order valence-corrected chi connectivity index (χ2v) is 9.54. The Labute approximate surface area is 179 Å². The Morgan fingerprint density at radius 1 is 0.931 bits per heavy atom. The van der Waals surface area contributed by atoms with E-state index in [0.29, 0.717) is 11.8 Å². The molecule has 0 heterocycles. The normalized spacial score (nSPS) is 17.4. The highest BCUT2D eigenvalue weighted by molar-refractivity contribution is 7.90. The maximum atomic E-state index is 11.6. The van der Waals surface area contributed by atoms with E-state index in [4.69, 9.17) is 9.69 Å². The van der Waals surface area contributed by atoms with Gasteiger partial charge in [0.25, 0.3) is 11.4 Å². The number of nitrogens with two attached hydrogens (primary N) is 1. The molecule has 2 aromatic carbocycles. The maximum absolute atomic E-state index is 11.6. The molecule has 2 saturated carbocycles. The van der Waals surface area contributed by atoms with Gasteiger partial charge in [0, 0.05) is 5.92 Å². The van der Waals surface area contributed by atoms with Crippen molar-refractivity contribution in [1.82, 2.24) is 0 Å². The highest BCUT2D eigenvalue weighted by atomic mass is 32.2. The lowest BCUT2D eigenvalue weighted by Crippen LogP contribution is -2.11. The molecule has 2 atom stereocenters. The zero-order valence-electron chi connectivity index (χ0n) is 16.9. The number of carbonyl (C=O) groups is 1. The van der Waals surface area contributed by atoms with E-state index < -0.39 is 22.7 Å². The van der Waals surface area contributed by atoms with Crippen molar-refractivity contribution in [3.8, 4) is 0 Å². The lowest BCUT2D eigenvalue weighted by Gasteiger charge is -2.01. The minimum absolute atomic E-state index is 0.454. The minimum Gasteiger partial charge on any atom is -0.586 e. The first-order chi connectivity index (χ1) is 13.9. The quantitative estimate of drug-likeness (QED) is 0.414. The molecule has 0 aliphatic heterocycles. The third kappa shape index (κ3) is 10.1. The van der Waals surface area contributed by atoms with Gasteiger partial charge in [-0.3, -0.25) is 0 Å². The predicted molar refractivity (Wildman–Crippen MR) is 121 cm³/mol. The van der Waals surface area contributed by atoms with Gasteiger partial charge in [0.2, 0.25) is 4.90 Å². The molecule has 2 aromatic rings. The summed E-state index contributed by atoms with van der Waals surface area (Å²) in [7, 11) is 0. The molecule has 5 nitrogen and oxygen atoms in total. The molecule has 156 valence electrons. The van der Waals surface area contributed by atoms with Crippen LogP contribution in [0.15, 0.2) is 62.7 Å². The van der Waals surface area contributed by atoms with Crippen molar-refractivity contribution in [2.75, 3.05) is 0 Å². The predicted octanol–water partition coefficient (Wildman–Crippen LogP) is 4.41. The fraction of sp³-hybridized carbons (Fsp3) is 0.364. The molecule has 3 N–H and O–H groups in total. The highest BCUT2D eigenvalue weighted by Crippen LogP contribution is 2.27. The fourth-order valence-electron chi connectivity index (χ4n) is 2.01. The highest BCUT2D eigenvalue weighted by Gasteiger charge is 2.20. The van der Waals surface area contributed by atoms with E-state index in [1.54, 1.807) is 0 Å². The standard InChI is InChI=1S/C11H13NOS.C7H10NOS.C4H6O/c1-9-2-6-11(7-3-9)14(13)12-8-10-4-5-10;1-6-2-4-7(5-3-6)10(8)9;5-3-4-1-2-4/h2-3,6-8,10H,4-5H2,1H3;2-5,9H,8H2,1H3;3-4H,1-2H2/q;+1;. The second-order valence-electron chi connectivity index (χ2n) is 7.26. The third-order valence-electron chi connectivity index (χ3n) is 4.29. The molecular weight excluding hydrogens is 404 g/mol. The van der Waals surface area contributed by atoms with Gasteiger partial charge in [-0.1, -0.05) is 39.8 Å². The molecule has 4 rings (SSSR count). The number of carbonyl (C=O) groups excluding carboxylic acids is 1. The molecule has 0 amide bonds. The van der Waals surface area contributed by atoms with Gasteiger partial charge in [0.15, 0.2) is 4.90 Å². The topological polar surface area (TPSA) is 98.7 Å². The second kappa shape index (κ2) is 12.1. The van der Waals surface area contributed by atoms with Gasteiger partial charge >= 0.3 is 0 Å². The molecule has 0 aromatic heterocycles. The van der Waals surface area contributed by atoms with E-state index in [1.165, 1.54) is 24.0 Å². The number of benzene rings is 2. The van der Waals surface area contributed by atoms with Crippen LogP contribution >= 0.6 is 0 Å². The summed E-state index contributed by atoms with van der Waals surface area (Å²) in [5.74, 6) is 1.04. The van der Waals surface area contributed by atoms with E-state index >= 15 is 0 Å². The van der Waals surface area contributed by atoms with Gasteiger partial charge in [0.05, 0.1) is 6.21 Å². The van der Waals surface area contributed by atoms with Gasteiger partial charge in [-0.25, -0.2) is 0 Å². The molecular formula is C22H29N2O3S2+. The number of aldehydes is 1. The Balaban J connectivity index is 0.000000173. The molecule has 2 fully saturated rings. The van der Waals surface area contributed by atoms with Gasteiger partial charge in [0.1, 0.15) is 17.6 Å². The summed E-state index contributed by atoms with van der Waals surface area (Å²) in [6, 6.07) is 15.2. The monoisotopic (exact) mass is 433 g/mol. The van der Waals surface area contributed by atoms with Crippen LogP contribution < -0.4 is 5.14 Å². The van der Waals surface area contributed by atoms with Crippen molar-refractivity contribution >= 4 is 35.2 Å². The number of nitrogens with zero attached hydrogens (tertiary/aromatic N) is 1. The van der Waals surface area contributed by atoms with Crippen molar-refractivity contribution in [1.29, 1.82) is 0 Å². The largest absolute Gasteiger partial charge is 0.586 e. The van der Waals surface area contributed by atoms with E-state index in [9.17, 15) is 9.35 Å². The van der Waals surface area contributed by atoms with E-state index in [0.717, 1.165) is 28.9 Å². The fourth-order valence-corrected chi connectivity index (χ4v) is 3.20. The van der Waals surface area contributed by atoms with Crippen LogP contribution in [0, 0.1) is 25.7 Å². The Morgan fingerprint density at radius 2 is 1.38 bits per heavy atom. The van der Waals surface area contributed by atoms with Gasteiger partial charge in [-0.2, -0.15) is 4.55 Å². The Hall–Kier alpha value is -1.64. The van der Waals surface area contributed by atoms with Crippen LogP contribution in [0.5, 0.6) is 0 Å². The van der Waals surface area contributed by atoms with Crippen molar-refractivity contribution < 1.29 is 13.9 Å². The van der Waals surface area contributed by atoms with Gasteiger partial charge < -0.3 is 9.35 Å². The molecule has 0 bridgehead atoms. The number of hydrogen-bond donors (Lipinski definition) is 2. The summed E-state index contributed by atoms with van der Waals surface area (Å²) in [6.07, 6.45) is 7.55. The minimum atomic E-state index is -1.20. The first-order valence-corrected chi connectivity index (χ1v) is 12.0. The SMILES string of the molecule is Cc1ccc([S+](N)O)cc1.Cc1ccc([S+]([O-])N=CC2CC2)cc1.O=CC1CC1. The van der Waals surface area contributed by atoms with Crippen LogP contribution in [-0.2, 0) is 27.5 Å². The van der Waals surface area contributed by atoms with Crippen LogP contribution in [-0.4, -0.2) is 21.6 Å². The first kappa shape index (κ1) is 23.6. The molecule has 0 spiro atoms. The van der Waals surface area contributed by atoms with Crippen molar-refractivity contribution in [3.63, 3.8) is 0 Å². The van der Waals surface area contributed by atoms with Gasteiger partial charge in [-0.05, 0) is 69.7 Å². The Kier molecular flexibility index (Phi) is 9.90. The third-order valence-corrected chi connectivity index (χ3v) is 6.03. The van der Waals surface area contributed by atoms with E-state index in [-0.39, 0.29) is 0 Å². The number of hydrogen-bond acceptors (Lipinski definition) is 5. The van der Waals surface area contributed by atoms with Crippen LogP contribution in [0.1, 0.15) is 36.8 Å². The first-order valence-electron chi connectivity index (χ1n) is 9.61. The van der Waals surface area contributed by atoms with Gasteiger partial charge in [-0.15, -0.1) is 5.14 Å². The number of aryl methyl sites for hydroxylation is 2. The maximum Gasteiger partial charge on any atom is 0.272 e. The van der Waals surface area contributed by atoms with E-state index in [1.807, 2.05) is 68.6 Å². The summed E-state index contributed by atoms with van der Waals surface area (Å²) < 4.78 is 24.6. The molecule has 2 aliphatic carbocycles. The summed E-state index contributed by atoms with van der Waals surface area (Å²) in [6.45, 7) is 4.01. The smallest absolute Gasteiger partial charge is 0.272 e. The lowest BCUT2D eigenvalue weighted by molar-refractivity contribution is -0.108. The van der Waals surface area contributed by atoms with Crippen LogP contribution in [0.2, 0.25) is 0 Å². The summed E-state index contributed by atoms with van der Waals surface area (Å²) in [5.41, 5.74) is 2.35. The molecule has 0 saturated heterocycles. The van der Waals surface area contributed by atoms with E-state index in [2.05, 4.69) is 4.40 Å². The summed E-state index contributed by atoms with van der Waals surface area (Å²) in [4.78, 5) is 11.1. The summed E-state index contributed by atoms with van der Waals surface area (Å²) >= 11 is -2.29. The van der Waals surface area contributed by atoms with Crippen molar-refractivity contribution in [3.05, 3.63) is 59.7 Å². The summed E-state index contributed by atoms with van der Waals surface area (Å²) in [5, 5.41) is 5.25. The van der Waals surface area contributed by atoms with Crippen molar-refractivity contribution in [2.45, 2.75) is 49.3 Å². The molecule has 29 heavy (non-hydrogen) atoms.